The third-order valence-corrected chi connectivity index (χ3v) is 2.12. The zero-order chi connectivity index (χ0) is 10.9. The SMILES string of the molecule is C=CCCCNc1cccc(CC#N)c1. The van der Waals surface area contributed by atoms with E-state index in [-0.39, 0.29) is 0 Å². The zero-order valence-electron chi connectivity index (χ0n) is 8.87. The summed E-state index contributed by atoms with van der Waals surface area (Å²) in [4.78, 5) is 0. The fraction of sp³-hybridized carbons (Fsp3) is 0.308. The maximum absolute atomic E-state index is 8.58. The molecular formula is C13H16N2. The summed E-state index contributed by atoms with van der Waals surface area (Å²) in [6.07, 6.45) is 4.52. The predicted octanol–water partition coefficient (Wildman–Crippen LogP) is 3.13. The number of nitrogens with one attached hydrogen (secondary N) is 1. The quantitative estimate of drug-likeness (QED) is 0.565. The van der Waals surface area contributed by atoms with Gasteiger partial charge in [-0.3, -0.25) is 0 Å². The van der Waals surface area contributed by atoms with Gasteiger partial charge in [0, 0.05) is 12.2 Å². The Morgan fingerprint density at radius 3 is 3.07 bits per heavy atom. The van der Waals surface area contributed by atoms with Crippen molar-refractivity contribution in [2.45, 2.75) is 19.3 Å². The van der Waals surface area contributed by atoms with Crippen LogP contribution in [0.25, 0.3) is 0 Å². The molecule has 0 atom stereocenters. The highest BCUT2D eigenvalue weighted by Gasteiger charge is 1.94. The number of hydrogen-bond acceptors (Lipinski definition) is 2. The van der Waals surface area contributed by atoms with Gasteiger partial charge in [0.15, 0.2) is 0 Å². The van der Waals surface area contributed by atoms with Gasteiger partial charge in [-0.1, -0.05) is 18.2 Å². The van der Waals surface area contributed by atoms with Crippen LogP contribution < -0.4 is 5.32 Å². The van der Waals surface area contributed by atoms with Crippen molar-refractivity contribution in [1.29, 1.82) is 5.26 Å². The summed E-state index contributed by atoms with van der Waals surface area (Å²) in [5.41, 5.74) is 2.15. The number of nitrogens with zero attached hydrogens (tertiary/aromatic N) is 1. The lowest BCUT2D eigenvalue weighted by molar-refractivity contribution is 0.891. The van der Waals surface area contributed by atoms with Crippen molar-refractivity contribution in [3.63, 3.8) is 0 Å². The Labute approximate surface area is 91.2 Å². The van der Waals surface area contributed by atoms with Crippen molar-refractivity contribution in [1.82, 2.24) is 0 Å². The van der Waals surface area contributed by atoms with Crippen LogP contribution in [-0.4, -0.2) is 6.54 Å². The van der Waals surface area contributed by atoms with Crippen LogP contribution in [-0.2, 0) is 6.42 Å². The Morgan fingerprint density at radius 1 is 1.47 bits per heavy atom. The van der Waals surface area contributed by atoms with E-state index in [9.17, 15) is 0 Å². The van der Waals surface area contributed by atoms with E-state index in [0.717, 1.165) is 30.6 Å². The molecule has 0 heterocycles. The van der Waals surface area contributed by atoms with Crippen molar-refractivity contribution in [3.8, 4) is 6.07 Å². The topological polar surface area (TPSA) is 35.8 Å². The van der Waals surface area contributed by atoms with E-state index < -0.39 is 0 Å². The first-order valence-corrected chi connectivity index (χ1v) is 5.17. The first-order chi connectivity index (χ1) is 7.36. The number of nitriles is 1. The van der Waals surface area contributed by atoms with Crippen LogP contribution in [0.2, 0.25) is 0 Å². The Balaban J connectivity index is 2.43. The van der Waals surface area contributed by atoms with Crippen LogP contribution >= 0.6 is 0 Å². The van der Waals surface area contributed by atoms with E-state index in [4.69, 9.17) is 5.26 Å². The van der Waals surface area contributed by atoms with Gasteiger partial charge in [0.2, 0.25) is 0 Å². The number of hydrogen-bond donors (Lipinski definition) is 1. The fourth-order valence-electron chi connectivity index (χ4n) is 1.36. The maximum atomic E-state index is 8.58. The molecule has 0 amide bonds. The van der Waals surface area contributed by atoms with Crippen molar-refractivity contribution in [3.05, 3.63) is 42.5 Å². The summed E-state index contributed by atoms with van der Waals surface area (Å²) in [5, 5.41) is 11.9. The standard InChI is InChI=1S/C13H16N2/c1-2-3-4-10-15-13-7-5-6-12(11-13)8-9-14/h2,5-7,11,15H,1,3-4,8,10H2. The molecule has 0 fully saturated rings. The number of benzene rings is 1. The third-order valence-electron chi connectivity index (χ3n) is 2.12. The first kappa shape index (κ1) is 11.3. The van der Waals surface area contributed by atoms with Crippen molar-refractivity contribution in [2.24, 2.45) is 0 Å². The molecule has 2 nitrogen and oxygen atoms in total. The van der Waals surface area contributed by atoms with E-state index in [1.54, 1.807) is 0 Å². The second-order valence-electron chi connectivity index (χ2n) is 3.39. The van der Waals surface area contributed by atoms with Gasteiger partial charge in [-0.15, -0.1) is 6.58 Å². The summed E-state index contributed by atoms with van der Waals surface area (Å²) in [6, 6.07) is 10.1. The van der Waals surface area contributed by atoms with Crippen molar-refractivity contribution >= 4 is 5.69 Å². The minimum absolute atomic E-state index is 0.474. The molecule has 0 aromatic heterocycles. The van der Waals surface area contributed by atoms with Crippen molar-refractivity contribution < 1.29 is 0 Å². The molecule has 2 heteroatoms. The smallest absolute Gasteiger partial charge is 0.0669 e. The molecule has 0 aliphatic heterocycles. The molecule has 0 saturated heterocycles. The van der Waals surface area contributed by atoms with Gasteiger partial charge in [0.1, 0.15) is 0 Å². The molecule has 78 valence electrons. The molecule has 1 N–H and O–H groups in total. The number of allylic oxidation sites excluding steroid dienone is 1. The highest BCUT2D eigenvalue weighted by atomic mass is 14.9. The van der Waals surface area contributed by atoms with Crippen LogP contribution in [0, 0.1) is 11.3 Å². The highest BCUT2D eigenvalue weighted by Crippen LogP contribution is 2.11. The lowest BCUT2D eigenvalue weighted by Crippen LogP contribution is -2.01. The minimum Gasteiger partial charge on any atom is -0.385 e. The maximum Gasteiger partial charge on any atom is 0.0669 e. The van der Waals surface area contributed by atoms with Gasteiger partial charge >= 0.3 is 0 Å². The number of rotatable bonds is 6. The minimum atomic E-state index is 0.474. The van der Waals surface area contributed by atoms with Gasteiger partial charge in [-0.2, -0.15) is 5.26 Å². The summed E-state index contributed by atoms with van der Waals surface area (Å²) >= 11 is 0. The van der Waals surface area contributed by atoms with Gasteiger partial charge in [-0.05, 0) is 30.5 Å². The zero-order valence-corrected chi connectivity index (χ0v) is 8.87. The molecule has 0 aliphatic carbocycles. The molecular weight excluding hydrogens is 184 g/mol. The molecule has 15 heavy (non-hydrogen) atoms. The van der Waals surface area contributed by atoms with E-state index in [1.807, 2.05) is 30.3 Å². The summed E-state index contributed by atoms with van der Waals surface area (Å²) in [7, 11) is 0. The lowest BCUT2D eigenvalue weighted by Gasteiger charge is -2.06. The predicted molar refractivity (Wildman–Crippen MR) is 63.7 cm³/mol. The fourth-order valence-corrected chi connectivity index (χ4v) is 1.36. The molecule has 0 radical (unpaired) electrons. The lowest BCUT2D eigenvalue weighted by atomic mass is 10.1. The summed E-state index contributed by atoms with van der Waals surface area (Å²) in [6.45, 7) is 4.63. The van der Waals surface area contributed by atoms with Gasteiger partial charge in [0.25, 0.3) is 0 Å². The molecule has 1 aromatic rings. The number of anilines is 1. The number of unbranched alkanes of at least 4 members (excludes halogenated alkanes) is 1. The molecule has 1 aromatic carbocycles. The van der Waals surface area contributed by atoms with Crippen LogP contribution in [0.4, 0.5) is 5.69 Å². The van der Waals surface area contributed by atoms with Crippen LogP contribution in [0.15, 0.2) is 36.9 Å². The molecule has 0 unspecified atom stereocenters. The van der Waals surface area contributed by atoms with E-state index >= 15 is 0 Å². The van der Waals surface area contributed by atoms with Gasteiger partial charge in [-0.25, -0.2) is 0 Å². The second kappa shape index (κ2) is 6.67. The Bertz CT molecular complexity index is 350. The van der Waals surface area contributed by atoms with Crippen LogP contribution in [0.1, 0.15) is 18.4 Å². The van der Waals surface area contributed by atoms with Crippen molar-refractivity contribution in [2.75, 3.05) is 11.9 Å². The van der Waals surface area contributed by atoms with Gasteiger partial charge in [0.05, 0.1) is 12.5 Å². The van der Waals surface area contributed by atoms with Crippen LogP contribution in [0.5, 0.6) is 0 Å². The van der Waals surface area contributed by atoms with E-state index in [1.165, 1.54) is 0 Å². The average Bonchev–Trinajstić information content (AvgIpc) is 2.26. The van der Waals surface area contributed by atoms with Gasteiger partial charge < -0.3 is 5.32 Å². The Kier molecular flexibility index (Phi) is 5.03. The molecule has 0 aliphatic rings. The molecule has 1 rings (SSSR count). The normalized spacial score (nSPS) is 9.27. The summed E-state index contributed by atoms with van der Waals surface area (Å²) in [5.74, 6) is 0. The Morgan fingerprint density at radius 2 is 2.33 bits per heavy atom. The summed E-state index contributed by atoms with van der Waals surface area (Å²) < 4.78 is 0. The Hall–Kier alpha value is -1.75. The first-order valence-electron chi connectivity index (χ1n) is 5.17. The third kappa shape index (κ3) is 4.33. The van der Waals surface area contributed by atoms with E-state index in [2.05, 4.69) is 18.0 Å². The average molecular weight is 200 g/mol. The molecule has 0 bridgehead atoms. The molecule has 0 saturated carbocycles. The monoisotopic (exact) mass is 200 g/mol. The van der Waals surface area contributed by atoms with Crippen LogP contribution in [0.3, 0.4) is 0 Å². The molecule has 0 spiro atoms. The second-order valence-corrected chi connectivity index (χ2v) is 3.39. The highest BCUT2D eigenvalue weighted by molar-refractivity contribution is 5.46. The largest absolute Gasteiger partial charge is 0.385 e. The van der Waals surface area contributed by atoms with E-state index in [0.29, 0.717) is 6.42 Å².